The van der Waals surface area contributed by atoms with Gasteiger partial charge in [0.2, 0.25) is 0 Å². The Balaban J connectivity index is 1.65. The average Bonchev–Trinajstić information content (AvgIpc) is 3.31. The van der Waals surface area contributed by atoms with E-state index in [0.717, 1.165) is 28.6 Å². The van der Waals surface area contributed by atoms with Gasteiger partial charge in [0, 0.05) is 22.5 Å². The van der Waals surface area contributed by atoms with Crippen LogP contribution in [0, 0.1) is 0 Å². The van der Waals surface area contributed by atoms with Crippen LogP contribution >= 0.6 is 23.4 Å². The first kappa shape index (κ1) is 14.8. The summed E-state index contributed by atoms with van der Waals surface area (Å²) in [5.74, 6) is 1.60. The molecule has 0 aliphatic heterocycles. The predicted octanol–water partition coefficient (Wildman–Crippen LogP) is 5.11. The van der Waals surface area contributed by atoms with E-state index in [1.807, 2.05) is 30.3 Å². The van der Waals surface area contributed by atoms with Gasteiger partial charge >= 0.3 is 0 Å². The Morgan fingerprint density at radius 3 is 2.48 bits per heavy atom. The van der Waals surface area contributed by atoms with E-state index < -0.39 is 0 Å². The Kier molecular flexibility index (Phi) is 4.73. The molecule has 0 saturated heterocycles. The minimum atomic E-state index is 0.687. The van der Waals surface area contributed by atoms with E-state index in [2.05, 4.69) is 23.7 Å². The van der Waals surface area contributed by atoms with Gasteiger partial charge in [-0.05, 0) is 61.1 Å². The molecule has 1 saturated carbocycles. The first-order chi connectivity index (χ1) is 10.2. The van der Waals surface area contributed by atoms with Crippen LogP contribution in [0.1, 0.15) is 18.4 Å². The smallest absolute Gasteiger partial charge is 0.128 e. The predicted molar refractivity (Wildman–Crippen MR) is 89.6 cm³/mol. The van der Waals surface area contributed by atoms with Crippen molar-refractivity contribution in [2.75, 3.05) is 6.26 Å². The Bertz CT molecular complexity index is 611. The lowest BCUT2D eigenvalue weighted by molar-refractivity contribution is 0.482. The second kappa shape index (κ2) is 6.73. The maximum absolute atomic E-state index is 6.32. The largest absolute Gasteiger partial charge is 0.457 e. The van der Waals surface area contributed by atoms with Crippen molar-refractivity contribution in [3.63, 3.8) is 0 Å². The Morgan fingerprint density at radius 2 is 1.86 bits per heavy atom. The minimum absolute atomic E-state index is 0.687. The summed E-state index contributed by atoms with van der Waals surface area (Å²) in [6.07, 6.45) is 4.62. The summed E-state index contributed by atoms with van der Waals surface area (Å²) in [5, 5.41) is 4.22. The lowest BCUT2D eigenvalue weighted by Gasteiger charge is -2.10. The molecule has 1 fully saturated rings. The van der Waals surface area contributed by atoms with Crippen molar-refractivity contribution in [3.05, 3.63) is 53.1 Å². The Hall–Kier alpha value is -1.16. The van der Waals surface area contributed by atoms with Crippen LogP contribution in [-0.4, -0.2) is 12.3 Å². The molecule has 0 unspecified atom stereocenters. The number of nitrogens with one attached hydrogen (secondary N) is 1. The molecule has 3 rings (SSSR count). The molecule has 1 aliphatic rings. The van der Waals surface area contributed by atoms with E-state index in [0.29, 0.717) is 6.04 Å². The van der Waals surface area contributed by atoms with Crippen molar-refractivity contribution >= 4 is 23.4 Å². The van der Waals surface area contributed by atoms with Crippen LogP contribution in [0.2, 0.25) is 5.02 Å². The van der Waals surface area contributed by atoms with Crippen molar-refractivity contribution in [1.82, 2.24) is 5.32 Å². The zero-order valence-corrected chi connectivity index (χ0v) is 13.5. The second-order valence-electron chi connectivity index (χ2n) is 5.19. The van der Waals surface area contributed by atoms with Gasteiger partial charge in [0.25, 0.3) is 0 Å². The molecule has 0 radical (unpaired) electrons. The van der Waals surface area contributed by atoms with Gasteiger partial charge in [-0.2, -0.15) is 0 Å². The number of hydrogen-bond donors (Lipinski definition) is 1. The molecule has 0 atom stereocenters. The molecule has 4 heteroatoms. The molecule has 0 bridgehead atoms. The fraction of sp³-hybridized carbons (Fsp3) is 0.294. The minimum Gasteiger partial charge on any atom is -0.457 e. The van der Waals surface area contributed by atoms with Crippen LogP contribution in [0.5, 0.6) is 11.5 Å². The van der Waals surface area contributed by atoms with E-state index in [1.54, 1.807) is 11.8 Å². The molecule has 0 aromatic heterocycles. The number of ether oxygens (including phenoxy) is 1. The molecule has 2 aromatic carbocycles. The van der Waals surface area contributed by atoms with Crippen LogP contribution in [0.15, 0.2) is 47.4 Å². The van der Waals surface area contributed by atoms with Crippen LogP contribution in [0.25, 0.3) is 0 Å². The highest BCUT2D eigenvalue weighted by molar-refractivity contribution is 7.98. The number of rotatable bonds is 6. The van der Waals surface area contributed by atoms with Gasteiger partial charge in [0.05, 0.1) is 0 Å². The zero-order chi connectivity index (χ0) is 14.7. The number of thioether (sulfide) groups is 1. The summed E-state index contributed by atoms with van der Waals surface area (Å²) >= 11 is 8.04. The van der Waals surface area contributed by atoms with Crippen molar-refractivity contribution in [2.45, 2.75) is 30.3 Å². The van der Waals surface area contributed by atoms with Gasteiger partial charge < -0.3 is 10.1 Å². The van der Waals surface area contributed by atoms with E-state index in [9.17, 15) is 0 Å². The number of hydrogen-bond acceptors (Lipinski definition) is 3. The third-order valence-electron chi connectivity index (χ3n) is 3.48. The Morgan fingerprint density at radius 1 is 1.14 bits per heavy atom. The first-order valence-corrected chi connectivity index (χ1v) is 8.68. The van der Waals surface area contributed by atoms with Crippen LogP contribution < -0.4 is 10.1 Å². The highest BCUT2D eigenvalue weighted by Crippen LogP contribution is 2.28. The number of benzene rings is 2. The lowest BCUT2D eigenvalue weighted by Crippen LogP contribution is -2.15. The van der Waals surface area contributed by atoms with E-state index in [1.165, 1.54) is 17.7 Å². The Labute approximate surface area is 134 Å². The molecule has 0 heterocycles. The third kappa shape index (κ3) is 4.16. The monoisotopic (exact) mass is 319 g/mol. The average molecular weight is 320 g/mol. The molecular formula is C17H18ClNOS. The third-order valence-corrected chi connectivity index (χ3v) is 4.57. The topological polar surface area (TPSA) is 21.3 Å². The molecule has 21 heavy (non-hydrogen) atoms. The van der Waals surface area contributed by atoms with Crippen LogP contribution in [0.3, 0.4) is 0 Å². The quantitative estimate of drug-likeness (QED) is 0.748. The standard InChI is InChI=1S/C17H18ClNOS/c1-21-16-8-6-14(7-9-16)20-15-5-2-12(17(18)10-15)11-19-13-3-4-13/h2,5-10,13,19H,3-4,11H2,1H3. The molecule has 110 valence electrons. The van der Waals surface area contributed by atoms with Crippen molar-refractivity contribution < 1.29 is 4.74 Å². The normalized spacial score (nSPS) is 14.2. The van der Waals surface area contributed by atoms with E-state index >= 15 is 0 Å². The highest BCUT2D eigenvalue weighted by atomic mass is 35.5. The fourth-order valence-corrected chi connectivity index (χ4v) is 2.70. The fourth-order valence-electron chi connectivity index (χ4n) is 2.06. The molecular weight excluding hydrogens is 302 g/mol. The summed E-state index contributed by atoms with van der Waals surface area (Å²) in [6.45, 7) is 0.826. The molecule has 0 amide bonds. The van der Waals surface area contributed by atoms with Gasteiger partial charge in [-0.3, -0.25) is 0 Å². The lowest BCUT2D eigenvalue weighted by atomic mass is 10.2. The summed E-state index contributed by atoms with van der Waals surface area (Å²) in [6, 6.07) is 14.6. The van der Waals surface area contributed by atoms with E-state index in [4.69, 9.17) is 16.3 Å². The van der Waals surface area contributed by atoms with Gasteiger partial charge in [-0.15, -0.1) is 11.8 Å². The van der Waals surface area contributed by atoms with Gasteiger partial charge in [-0.25, -0.2) is 0 Å². The highest BCUT2D eigenvalue weighted by Gasteiger charge is 2.20. The summed E-state index contributed by atoms with van der Waals surface area (Å²) in [7, 11) is 0. The molecule has 0 spiro atoms. The van der Waals surface area contributed by atoms with E-state index in [-0.39, 0.29) is 0 Å². The van der Waals surface area contributed by atoms with Crippen molar-refractivity contribution in [2.24, 2.45) is 0 Å². The van der Waals surface area contributed by atoms with Crippen LogP contribution in [-0.2, 0) is 6.54 Å². The van der Waals surface area contributed by atoms with Gasteiger partial charge in [-0.1, -0.05) is 17.7 Å². The molecule has 1 aliphatic carbocycles. The van der Waals surface area contributed by atoms with Crippen LogP contribution in [0.4, 0.5) is 0 Å². The maximum atomic E-state index is 6.32. The number of halogens is 1. The molecule has 2 nitrogen and oxygen atoms in total. The molecule has 1 N–H and O–H groups in total. The van der Waals surface area contributed by atoms with Gasteiger partial charge in [0.1, 0.15) is 11.5 Å². The van der Waals surface area contributed by atoms with Gasteiger partial charge in [0.15, 0.2) is 0 Å². The summed E-state index contributed by atoms with van der Waals surface area (Å²) in [5.41, 5.74) is 1.12. The first-order valence-electron chi connectivity index (χ1n) is 7.08. The molecule has 2 aromatic rings. The SMILES string of the molecule is CSc1ccc(Oc2ccc(CNC3CC3)c(Cl)c2)cc1. The zero-order valence-electron chi connectivity index (χ0n) is 11.9. The van der Waals surface area contributed by atoms with Crippen molar-refractivity contribution in [1.29, 1.82) is 0 Å². The summed E-state index contributed by atoms with van der Waals surface area (Å²) < 4.78 is 5.84. The summed E-state index contributed by atoms with van der Waals surface area (Å²) in [4.78, 5) is 1.22. The maximum Gasteiger partial charge on any atom is 0.128 e. The second-order valence-corrected chi connectivity index (χ2v) is 6.47. The van der Waals surface area contributed by atoms with Crippen molar-refractivity contribution in [3.8, 4) is 11.5 Å².